The van der Waals surface area contributed by atoms with Crippen LogP contribution in [0.1, 0.15) is 49.4 Å². The van der Waals surface area contributed by atoms with Gasteiger partial charge in [-0.05, 0) is 60.4 Å². The molecule has 2 rings (SSSR count). The van der Waals surface area contributed by atoms with Gasteiger partial charge in [0.15, 0.2) is 8.32 Å². The number of ether oxygens (including phenoxy) is 1. The van der Waals surface area contributed by atoms with E-state index in [4.69, 9.17) is 14.9 Å². The Morgan fingerprint density at radius 1 is 0.771 bits per heavy atom. The topological polar surface area (TPSA) is 44.5 Å². The van der Waals surface area contributed by atoms with Gasteiger partial charge in [0, 0.05) is 0 Å². The number of rotatable bonds is 12. The van der Waals surface area contributed by atoms with E-state index in [1.54, 1.807) is 0 Å². The van der Waals surface area contributed by atoms with Crippen LogP contribution in [-0.4, -0.2) is 21.5 Å². The molecule has 0 amide bonds. The highest BCUT2D eigenvalue weighted by atomic mass is 28.4. The smallest absolute Gasteiger partial charge is 0.405 e. The van der Waals surface area contributed by atoms with E-state index in [1.807, 2.05) is 30.3 Å². The molecule has 0 aliphatic carbocycles. The van der Waals surface area contributed by atoms with Crippen LogP contribution in [0.4, 0.5) is 26.3 Å². The molecule has 0 aliphatic rings. The molecule has 10 heteroatoms. The predicted octanol–water partition coefficient (Wildman–Crippen LogP) is 7.51. The Balaban J connectivity index is 2.42. The van der Waals surface area contributed by atoms with E-state index in [9.17, 15) is 26.3 Å². The van der Waals surface area contributed by atoms with E-state index in [0.717, 1.165) is 23.7 Å². The van der Waals surface area contributed by atoms with E-state index in [0.29, 0.717) is 18.6 Å². The monoisotopic (exact) mass is 521 g/mol. The van der Waals surface area contributed by atoms with Crippen LogP contribution in [0.5, 0.6) is 0 Å². The fourth-order valence-electron chi connectivity index (χ4n) is 4.23. The summed E-state index contributed by atoms with van der Waals surface area (Å²) >= 11 is 0. The van der Waals surface area contributed by atoms with E-state index < -0.39 is 44.0 Å². The lowest BCUT2D eigenvalue weighted by Crippen LogP contribution is -2.49. The van der Waals surface area contributed by atoms with Crippen LogP contribution >= 0.6 is 0 Å². The summed E-state index contributed by atoms with van der Waals surface area (Å²) in [7, 11) is -2.20. The van der Waals surface area contributed by atoms with Gasteiger partial charge in [0.25, 0.3) is 0 Å². The SMILES string of the molecule is CC[Si](CC)(CC)OC(CCN)(COCc1cc(C(F)(F)F)cc(C(F)(F)F)c1)c1ccccc1. The van der Waals surface area contributed by atoms with Crippen molar-refractivity contribution in [1.82, 2.24) is 0 Å². The number of hydrogen-bond acceptors (Lipinski definition) is 3. The molecule has 1 unspecified atom stereocenters. The molecule has 0 heterocycles. The zero-order chi connectivity index (χ0) is 26.3. The normalized spacial score (nSPS) is 14.7. The zero-order valence-electron chi connectivity index (χ0n) is 20.2. The molecule has 0 aromatic heterocycles. The molecule has 1 atom stereocenters. The fourth-order valence-corrected chi connectivity index (χ4v) is 7.27. The van der Waals surface area contributed by atoms with Crippen molar-refractivity contribution < 1.29 is 35.5 Å². The van der Waals surface area contributed by atoms with Gasteiger partial charge in [0.1, 0.15) is 5.60 Å². The summed E-state index contributed by atoms with van der Waals surface area (Å²) in [6.07, 6.45) is -9.44. The van der Waals surface area contributed by atoms with Crippen LogP contribution < -0.4 is 5.73 Å². The Morgan fingerprint density at radius 3 is 1.71 bits per heavy atom. The number of hydrogen-bond donors (Lipinski definition) is 1. The van der Waals surface area contributed by atoms with Crippen LogP contribution in [0, 0.1) is 0 Å². The van der Waals surface area contributed by atoms with E-state index in [1.165, 1.54) is 0 Å². The minimum absolute atomic E-state index is 0.0550. The van der Waals surface area contributed by atoms with Crippen molar-refractivity contribution in [3.63, 3.8) is 0 Å². The number of halogens is 6. The first-order valence-electron chi connectivity index (χ1n) is 11.7. The molecule has 0 saturated heterocycles. The van der Waals surface area contributed by atoms with Gasteiger partial charge in [-0.25, -0.2) is 0 Å². The third-order valence-electron chi connectivity index (χ3n) is 6.44. The first-order chi connectivity index (χ1) is 16.3. The van der Waals surface area contributed by atoms with Crippen LogP contribution in [0.3, 0.4) is 0 Å². The molecule has 2 aromatic rings. The fraction of sp³-hybridized carbons (Fsp3) is 0.520. The van der Waals surface area contributed by atoms with Crippen LogP contribution in [0.25, 0.3) is 0 Å². The molecule has 3 nitrogen and oxygen atoms in total. The molecule has 196 valence electrons. The Morgan fingerprint density at radius 2 is 1.29 bits per heavy atom. The van der Waals surface area contributed by atoms with Gasteiger partial charge in [0.05, 0.1) is 24.3 Å². The Kier molecular flexibility index (Phi) is 9.98. The number of alkyl halides is 6. The highest BCUT2D eigenvalue weighted by Gasteiger charge is 2.42. The van der Waals surface area contributed by atoms with Gasteiger partial charge in [-0.15, -0.1) is 0 Å². The summed E-state index contributed by atoms with van der Waals surface area (Å²) in [5, 5.41) is 0. The van der Waals surface area contributed by atoms with Crippen LogP contribution in [-0.2, 0) is 33.7 Å². The summed E-state index contributed by atoms with van der Waals surface area (Å²) in [6, 6.07) is 13.3. The quantitative estimate of drug-likeness (QED) is 0.232. The number of nitrogens with two attached hydrogens (primary N) is 1. The van der Waals surface area contributed by atoms with Gasteiger partial charge in [-0.1, -0.05) is 51.1 Å². The summed E-state index contributed by atoms with van der Waals surface area (Å²) in [5.74, 6) is 0. The van der Waals surface area contributed by atoms with Gasteiger partial charge < -0.3 is 14.9 Å². The second kappa shape index (κ2) is 11.9. The standard InChI is InChI=1S/C25H33F6NO2Si/c1-4-35(5-2,6-3)34-23(12-13-32,20-10-8-7-9-11-20)18-33-17-19-14-21(24(26,27)28)16-22(15-19)25(29,30)31/h7-11,14-16H,4-6,12-13,17-18,32H2,1-3H3. The lowest BCUT2D eigenvalue weighted by Gasteiger charge is -2.43. The molecule has 0 spiro atoms. The third kappa shape index (κ3) is 7.55. The molecule has 0 saturated carbocycles. The largest absolute Gasteiger partial charge is 0.416 e. The van der Waals surface area contributed by atoms with Crippen molar-refractivity contribution in [3.05, 3.63) is 70.8 Å². The molecule has 0 aliphatic heterocycles. The second-order valence-corrected chi connectivity index (χ2v) is 13.3. The van der Waals surface area contributed by atoms with Gasteiger partial charge in [0.2, 0.25) is 0 Å². The molecular formula is C25H33F6NO2Si. The second-order valence-electron chi connectivity index (χ2n) is 8.65. The van der Waals surface area contributed by atoms with Crippen LogP contribution in [0.2, 0.25) is 18.1 Å². The highest BCUT2D eigenvalue weighted by molar-refractivity contribution is 6.73. The molecule has 0 bridgehead atoms. The maximum absolute atomic E-state index is 13.2. The van der Waals surface area contributed by atoms with Gasteiger partial charge in [-0.2, -0.15) is 26.3 Å². The van der Waals surface area contributed by atoms with E-state index in [-0.39, 0.29) is 24.8 Å². The van der Waals surface area contributed by atoms with Crippen molar-refractivity contribution in [2.24, 2.45) is 5.73 Å². The summed E-state index contributed by atoms with van der Waals surface area (Å²) in [6.45, 7) is 5.98. The number of benzene rings is 2. The lowest BCUT2D eigenvalue weighted by atomic mass is 9.91. The average Bonchev–Trinajstić information content (AvgIpc) is 2.82. The Hall–Kier alpha value is -1.88. The maximum Gasteiger partial charge on any atom is 0.416 e. The van der Waals surface area contributed by atoms with Crippen molar-refractivity contribution in [2.45, 2.75) is 69.9 Å². The van der Waals surface area contributed by atoms with Crippen molar-refractivity contribution >= 4 is 8.32 Å². The molecule has 35 heavy (non-hydrogen) atoms. The minimum Gasteiger partial charge on any atom is -0.405 e. The summed E-state index contributed by atoms with van der Waals surface area (Å²) in [4.78, 5) is 0. The van der Waals surface area contributed by atoms with Crippen molar-refractivity contribution in [2.75, 3.05) is 13.2 Å². The minimum atomic E-state index is -4.92. The van der Waals surface area contributed by atoms with Gasteiger partial charge >= 0.3 is 12.4 Å². The molecule has 2 aromatic carbocycles. The van der Waals surface area contributed by atoms with Crippen LogP contribution in [0.15, 0.2) is 48.5 Å². The van der Waals surface area contributed by atoms with Gasteiger partial charge in [-0.3, -0.25) is 0 Å². The van der Waals surface area contributed by atoms with E-state index in [2.05, 4.69) is 20.8 Å². The zero-order valence-corrected chi connectivity index (χ0v) is 21.2. The lowest BCUT2D eigenvalue weighted by molar-refractivity contribution is -0.143. The maximum atomic E-state index is 13.2. The molecular weight excluding hydrogens is 488 g/mol. The first kappa shape index (κ1) is 29.3. The molecule has 0 fully saturated rings. The molecule has 2 N–H and O–H groups in total. The van der Waals surface area contributed by atoms with Crippen molar-refractivity contribution in [1.29, 1.82) is 0 Å². The highest BCUT2D eigenvalue weighted by Crippen LogP contribution is 2.39. The third-order valence-corrected chi connectivity index (χ3v) is 11.1. The predicted molar refractivity (Wildman–Crippen MR) is 126 cm³/mol. The van der Waals surface area contributed by atoms with E-state index >= 15 is 0 Å². The van der Waals surface area contributed by atoms with Crippen molar-refractivity contribution in [3.8, 4) is 0 Å². The Labute approximate surface area is 203 Å². The first-order valence-corrected chi connectivity index (χ1v) is 14.2. The summed E-state index contributed by atoms with van der Waals surface area (Å²) < 4.78 is 92.1. The molecule has 0 radical (unpaired) electrons. The average molecular weight is 522 g/mol. The Bertz CT molecular complexity index is 891. The summed E-state index contributed by atoms with van der Waals surface area (Å²) in [5.41, 5.74) is 2.85.